The van der Waals surface area contributed by atoms with Crippen LogP contribution < -0.4 is 10.6 Å². The van der Waals surface area contributed by atoms with Gasteiger partial charge in [0, 0.05) is 50.0 Å². The van der Waals surface area contributed by atoms with Crippen molar-refractivity contribution in [3.63, 3.8) is 0 Å². The van der Waals surface area contributed by atoms with Gasteiger partial charge in [-0.15, -0.1) is 0 Å². The molecule has 1 aliphatic rings. The zero-order valence-electron chi connectivity index (χ0n) is 17.2. The highest BCUT2D eigenvalue weighted by molar-refractivity contribution is 6.31. The number of pyridine rings is 1. The molecular weight excluding hydrogens is 406 g/mol. The summed E-state index contributed by atoms with van der Waals surface area (Å²) in [4.78, 5) is 31.9. The molecule has 2 N–H and O–H groups in total. The predicted octanol–water partition coefficient (Wildman–Crippen LogP) is 3.25. The number of carbonyl (C=O) groups is 2. The van der Waals surface area contributed by atoms with Gasteiger partial charge in [0.1, 0.15) is 0 Å². The molecule has 0 bridgehead atoms. The van der Waals surface area contributed by atoms with E-state index in [4.69, 9.17) is 16.3 Å². The van der Waals surface area contributed by atoms with Gasteiger partial charge in [0.05, 0.1) is 19.0 Å². The predicted molar refractivity (Wildman–Crippen MR) is 116 cm³/mol. The molecule has 0 saturated carbocycles. The Balaban J connectivity index is 1.52. The second kappa shape index (κ2) is 10.3. The highest BCUT2D eigenvalue weighted by Crippen LogP contribution is 2.19. The Morgan fingerprint density at radius 3 is 2.60 bits per heavy atom. The number of hydrogen-bond donors (Lipinski definition) is 2. The van der Waals surface area contributed by atoms with Crippen molar-refractivity contribution in [1.82, 2.24) is 20.1 Å². The Labute approximate surface area is 181 Å². The summed E-state index contributed by atoms with van der Waals surface area (Å²) < 4.78 is 4.77. The Hall–Kier alpha value is -2.84. The number of hydrogen-bond acceptors (Lipinski definition) is 5. The molecule has 0 aliphatic carbocycles. The van der Waals surface area contributed by atoms with Crippen LogP contribution in [0.4, 0.5) is 15.3 Å². The van der Waals surface area contributed by atoms with Crippen molar-refractivity contribution in [3.05, 3.63) is 58.4 Å². The molecule has 1 saturated heterocycles. The minimum absolute atomic E-state index is 0.283. The van der Waals surface area contributed by atoms with E-state index in [-0.39, 0.29) is 12.1 Å². The highest BCUT2D eigenvalue weighted by atomic mass is 35.5. The second-order valence-electron chi connectivity index (χ2n) is 7.15. The summed E-state index contributed by atoms with van der Waals surface area (Å²) in [5.74, 6) is 0. The van der Waals surface area contributed by atoms with Gasteiger partial charge in [-0.2, -0.15) is 0 Å². The average molecular weight is 432 g/mol. The van der Waals surface area contributed by atoms with Crippen molar-refractivity contribution in [2.24, 2.45) is 0 Å². The summed E-state index contributed by atoms with van der Waals surface area (Å²) in [5, 5.41) is 6.18. The van der Waals surface area contributed by atoms with E-state index >= 15 is 0 Å². The zero-order valence-corrected chi connectivity index (χ0v) is 17.9. The van der Waals surface area contributed by atoms with Crippen LogP contribution in [-0.4, -0.2) is 60.2 Å². The molecule has 1 aliphatic heterocycles. The van der Waals surface area contributed by atoms with Crippen LogP contribution in [-0.2, 0) is 17.8 Å². The van der Waals surface area contributed by atoms with Gasteiger partial charge >= 0.3 is 12.1 Å². The summed E-state index contributed by atoms with van der Waals surface area (Å²) in [6.45, 7) is 5.79. The topological polar surface area (TPSA) is 86.8 Å². The molecule has 160 valence electrons. The maximum atomic E-state index is 12.2. The molecule has 1 aromatic carbocycles. The standard InChI is InChI=1S/C21H26ClN5O3/c1-15-3-5-18(13-23-15)25-20(28)24-12-17-11-16(4-6-19(17)22)14-26-7-9-27(10-8-26)21(29)30-2/h3-6,11,13H,7-10,12,14H2,1-2H3,(H2,24,25,28). The lowest BCUT2D eigenvalue weighted by Crippen LogP contribution is -2.48. The van der Waals surface area contributed by atoms with Gasteiger partial charge in [-0.05, 0) is 36.2 Å². The molecule has 1 aromatic heterocycles. The first kappa shape index (κ1) is 21.9. The first-order valence-electron chi connectivity index (χ1n) is 9.74. The zero-order chi connectivity index (χ0) is 21.5. The van der Waals surface area contributed by atoms with Crippen LogP contribution in [0.2, 0.25) is 5.02 Å². The molecule has 0 radical (unpaired) electrons. The van der Waals surface area contributed by atoms with Crippen molar-refractivity contribution in [2.45, 2.75) is 20.0 Å². The number of amides is 3. The number of anilines is 1. The van der Waals surface area contributed by atoms with E-state index in [1.165, 1.54) is 7.11 Å². The fourth-order valence-corrected chi connectivity index (χ4v) is 3.41. The largest absolute Gasteiger partial charge is 0.453 e. The summed E-state index contributed by atoms with van der Waals surface area (Å²) in [5.41, 5.74) is 3.46. The number of rotatable bonds is 5. The molecule has 2 heterocycles. The van der Waals surface area contributed by atoms with Crippen LogP contribution in [0.5, 0.6) is 0 Å². The van der Waals surface area contributed by atoms with Gasteiger partial charge in [-0.3, -0.25) is 9.88 Å². The first-order valence-corrected chi connectivity index (χ1v) is 10.1. The van der Waals surface area contributed by atoms with Crippen LogP contribution in [0.25, 0.3) is 0 Å². The fraction of sp³-hybridized carbons (Fsp3) is 0.381. The lowest BCUT2D eigenvalue weighted by molar-refractivity contribution is 0.0889. The molecule has 0 atom stereocenters. The molecule has 1 fully saturated rings. The highest BCUT2D eigenvalue weighted by Gasteiger charge is 2.21. The smallest absolute Gasteiger partial charge is 0.409 e. The van der Waals surface area contributed by atoms with Gasteiger partial charge < -0.3 is 20.3 Å². The number of nitrogens with one attached hydrogen (secondary N) is 2. The summed E-state index contributed by atoms with van der Waals surface area (Å²) in [7, 11) is 1.40. The molecule has 30 heavy (non-hydrogen) atoms. The van der Waals surface area contributed by atoms with Gasteiger partial charge in [-0.1, -0.05) is 23.7 Å². The van der Waals surface area contributed by atoms with Crippen LogP contribution in [0, 0.1) is 6.92 Å². The number of halogens is 1. The fourth-order valence-electron chi connectivity index (χ4n) is 3.23. The van der Waals surface area contributed by atoms with Gasteiger partial charge in [-0.25, -0.2) is 9.59 Å². The Kier molecular flexibility index (Phi) is 7.48. The molecule has 8 nitrogen and oxygen atoms in total. The minimum Gasteiger partial charge on any atom is -0.453 e. The van der Waals surface area contributed by atoms with Crippen molar-refractivity contribution in [2.75, 3.05) is 38.6 Å². The normalized spacial score (nSPS) is 14.3. The number of aryl methyl sites for hydroxylation is 1. The number of benzene rings is 1. The third-order valence-corrected chi connectivity index (χ3v) is 5.30. The Morgan fingerprint density at radius 2 is 1.93 bits per heavy atom. The Bertz CT molecular complexity index is 883. The number of nitrogens with zero attached hydrogens (tertiary/aromatic N) is 3. The number of ether oxygens (including phenoxy) is 1. The maximum absolute atomic E-state index is 12.2. The van der Waals surface area contributed by atoms with Crippen LogP contribution in [0.15, 0.2) is 36.5 Å². The monoisotopic (exact) mass is 431 g/mol. The van der Waals surface area contributed by atoms with Crippen molar-refractivity contribution >= 4 is 29.4 Å². The number of methoxy groups -OCH3 is 1. The van der Waals surface area contributed by atoms with Crippen LogP contribution in [0.1, 0.15) is 16.8 Å². The number of aromatic nitrogens is 1. The van der Waals surface area contributed by atoms with E-state index in [1.807, 2.05) is 31.2 Å². The molecule has 0 unspecified atom stereocenters. The van der Waals surface area contributed by atoms with E-state index < -0.39 is 0 Å². The van der Waals surface area contributed by atoms with E-state index in [0.29, 0.717) is 30.3 Å². The number of carbonyl (C=O) groups excluding carboxylic acids is 2. The van der Waals surface area contributed by atoms with E-state index in [0.717, 1.165) is 36.5 Å². The number of piperazine rings is 1. The third kappa shape index (κ3) is 6.08. The average Bonchev–Trinajstić information content (AvgIpc) is 2.75. The summed E-state index contributed by atoms with van der Waals surface area (Å²) in [6, 6.07) is 9.15. The lowest BCUT2D eigenvalue weighted by atomic mass is 10.1. The van der Waals surface area contributed by atoms with E-state index in [9.17, 15) is 9.59 Å². The van der Waals surface area contributed by atoms with Gasteiger partial charge in [0.2, 0.25) is 0 Å². The van der Waals surface area contributed by atoms with Crippen LogP contribution >= 0.6 is 11.6 Å². The second-order valence-corrected chi connectivity index (χ2v) is 7.56. The minimum atomic E-state index is -0.318. The molecule has 0 spiro atoms. The number of urea groups is 1. The SMILES string of the molecule is COC(=O)N1CCN(Cc2ccc(Cl)c(CNC(=O)Nc3ccc(C)nc3)c2)CC1. The first-order chi connectivity index (χ1) is 14.4. The third-order valence-electron chi connectivity index (χ3n) is 4.93. The molecular formula is C21H26ClN5O3. The van der Waals surface area contributed by atoms with Gasteiger partial charge in [0.25, 0.3) is 0 Å². The van der Waals surface area contributed by atoms with Crippen molar-refractivity contribution in [3.8, 4) is 0 Å². The van der Waals surface area contributed by atoms with E-state index in [1.54, 1.807) is 17.2 Å². The Morgan fingerprint density at radius 1 is 1.17 bits per heavy atom. The molecule has 2 aromatic rings. The van der Waals surface area contributed by atoms with Gasteiger partial charge in [0.15, 0.2) is 0 Å². The molecule has 3 rings (SSSR count). The quantitative estimate of drug-likeness (QED) is 0.758. The van der Waals surface area contributed by atoms with E-state index in [2.05, 4.69) is 20.5 Å². The summed E-state index contributed by atoms with van der Waals surface area (Å²) in [6.07, 6.45) is 1.33. The molecule has 9 heteroatoms. The summed E-state index contributed by atoms with van der Waals surface area (Å²) >= 11 is 6.32. The lowest BCUT2D eigenvalue weighted by Gasteiger charge is -2.33. The maximum Gasteiger partial charge on any atom is 0.409 e. The van der Waals surface area contributed by atoms with Crippen molar-refractivity contribution < 1.29 is 14.3 Å². The van der Waals surface area contributed by atoms with Crippen LogP contribution in [0.3, 0.4) is 0 Å². The molecule has 3 amide bonds. The van der Waals surface area contributed by atoms with Crippen molar-refractivity contribution in [1.29, 1.82) is 0 Å².